The molecule has 2 heterocycles. The third-order valence-corrected chi connectivity index (χ3v) is 6.88. The molecule has 1 aliphatic rings. The summed E-state index contributed by atoms with van der Waals surface area (Å²) in [4.78, 5) is 21.0. The lowest BCUT2D eigenvalue weighted by atomic mass is 10.2. The summed E-state index contributed by atoms with van der Waals surface area (Å²) in [5, 5.41) is 5.78. The van der Waals surface area contributed by atoms with Crippen LogP contribution in [0.25, 0.3) is 0 Å². The lowest BCUT2D eigenvalue weighted by molar-refractivity contribution is 0.0729. The van der Waals surface area contributed by atoms with Crippen molar-refractivity contribution in [3.8, 4) is 5.75 Å². The van der Waals surface area contributed by atoms with Crippen molar-refractivity contribution in [1.82, 2.24) is 14.3 Å². The standard InChI is InChI=1S/C22H23N5O5S/c1-31-19-7-6-18(15-20(19)33(29,30)27-10-12-32-13-11-27)25-21(28)16-4-2-5-17(14-16)26-22-23-8-3-9-24-22/h2-9,14-15H,10-13H2,1H3,(H,25,28)(H,23,24,26). The molecular weight excluding hydrogens is 446 g/mol. The number of aromatic nitrogens is 2. The fraction of sp³-hybridized carbons (Fsp3) is 0.227. The number of benzene rings is 2. The summed E-state index contributed by atoms with van der Waals surface area (Å²) in [5.74, 6) is 0.212. The SMILES string of the molecule is COc1ccc(NC(=O)c2cccc(Nc3ncccn3)c2)cc1S(=O)(=O)N1CCOCC1. The van der Waals surface area contributed by atoms with Gasteiger partial charge in [0.05, 0.1) is 20.3 Å². The Morgan fingerprint density at radius 1 is 1.03 bits per heavy atom. The predicted molar refractivity (Wildman–Crippen MR) is 122 cm³/mol. The van der Waals surface area contributed by atoms with Crippen LogP contribution in [0.3, 0.4) is 0 Å². The third-order valence-electron chi connectivity index (χ3n) is 4.96. The first-order chi connectivity index (χ1) is 16.0. The lowest BCUT2D eigenvalue weighted by Gasteiger charge is -2.26. The molecule has 4 rings (SSSR count). The number of morpholine rings is 1. The minimum Gasteiger partial charge on any atom is -0.495 e. The Kier molecular flexibility index (Phi) is 6.82. The van der Waals surface area contributed by atoms with E-state index in [2.05, 4.69) is 20.6 Å². The van der Waals surface area contributed by atoms with Crippen molar-refractivity contribution in [2.45, 2.75) is 4.90 Å². The number of rotatable bonds is 7. The summed E-state index contributed by atoms with van der Waals surface area (Å²) in [7, 11) is -2.41. The second kappa shape index (κ2) is 9.94. The number of hydrogen-bond acceptors (Lipinski definition) is 8. The molecule has 0 spiro atoms. The number of amides is 1. The molecule has 0 atom stereocenters. The van der Waals surface area contributed by atoms with Crippen LogP contribution in [-0.2, 0) is 14.8 Å². The van der Waals surface area contributed by atoms with E-state index < -0.39 is 15.9 Å². The Morgan fingerprint density at radius 3 is 2.52 bits per heavy atom. The van der Waals surface area contributed by atoms with Gasteiger partial charge < -0.3 is 20.1 Å². The van der Waals surface area contributed by atoms with Crippen molar-refractivity contribution < 1.29 is 22.7 Å². The van der Waals surface area contributed by atoms with Crippen molar-refractivity contribution in [3.05, 3.63) is 66.5 Å². The zero-order valence-electron chi connectivity index (χ0n) is 17.9. The molecule has 1 fully saturated rings. The van der Waals surface area contributed by atoms with Gasteiger partial charge in [-0.2, -0.15) is 4.31 Å². The molecule has 1 amide bonds. The number of sulfonamides is 1. The van der Waals surface area contributed by atoms with Crippen LogP contribution in [0.4, 0.5) is 17.3 Å². The lowest BCUT2D eigenvalue weighted by Crippen LogP contribution is -2.40. The minimum atomic E-state index is -3.82. The van der Waals surface area contributed by atoms with E-state index in [0.29, 0.717) is 36.1 Å². The maximum absolute atomic E-state index is 13.2. The minimum absolute atomic E-state index is 0.0126. The number of ether oxygens (including phenoxy) is 2. The average molecular weight is 470 g/mol. The van der Waals surface area contributed by atoms with E-state index in [1.165, 1.54) is 23.5 Å². The Bertz CT molecular complexity index is 1230. The molecule has 2 N–H and O–H groups in total. The zero-order valence-corrected chi connectivity index (χ0v) is 18.7. The number of carbonyl (C=O) groups is 1. The normalized spacial score (nSPS) is 14.5. The molecule has 11 heteroatoms. The average Bonchev–Trinajstić information content (AvgIpc) is 2.85. The smallest absolute Gasteiger partial charge is 0.255 e. The molecule has 2 aromatic carbocycles. The van der Waals surface area contributed by atoms with Crippen LogP contribution in [0.2, 0.25) is 0 Å². The molecular formula is C22H23N5O5S. The highest BCUT2D eigenvalue weighted by atomic mass is 32.2. The van der Waals surface area contributed by atoms with Crippen LogP contribution in [-0.4, -0.2) is 62.0 Å². The summed E-state index contributed by atoms with van der Waals surface area (Å²) in [6.07, 6.45) is 3.22. The van der Waals surface area contributed by atoms with Gasteiger partial charge in [-0.3, -0.25) is 4.79 Å². The van der Waals surface area contributed by atoms with Crippen molar-refractivity contribution in [3.63, 3.8) is 0 Å². The van der Waals surface area contributed by atoms with E-state index in [0.717, 1.165) is 0 Å². The molecule has 33 heavy (non-hydrogen) atoms. The molecule has 0 bridgehead atoms. The maximum atomic E-state index is 13.2. The Labute approximate surface area is 191 Å². The number of methoxy groups -OCH3 is 1. The van der Waals surface area contributed by atoms with E-state index in [4.69, 9.17) is 9.47 Å². The second-order valence-electron chi connectivity index (χ2n) is 7.11. The summed E-state index contributed by atoms with van der Waals surface area (Å²) in [6, 6.07) is 13.0. The topological polar surface area (TPSA) is 123 Å². The Hall–Kier alpha value is -3.54. The molecule has 0 aliphatic carbocycles. The fourth-order valence-corrected chi connectivity index (χ4v) is 4.91. The van der Waals surface area contributed by atoms with Gasteiger partial charge >= 0.3 is 0 Å². The van der Waals surface area contributed by atoms with Gasteiger partial charge in [0.25, 0.3) is 5.91 Å². The van der Waals surface area contributed by atoms with E-state index >= 15 is 0 Å². The Morgan fingerprint density at radius 2 is 1.79 bits per heavy atom. The molecule has 0 unspecified atom stereocenters. The van der Waals surface area contributed by atoms with Gasteiger partial charge in [0.2, 0.25) is 16.0 Å². The molecule has 0 radical (unpaired) electrons. The molecule has 1 saturated heterocycles. The van der Waals surface area contributed by atoms with Crippen molar-refractivity contribution in [2.24, 2.45) is 0 Å². The molecule has 10 nitrogen and oxygen atoms in total. The van der Waals surface area contributed by atoms with Gasteiger partial charge in [0.15, 0.2) is 0 Å². The number of hydrogen-bond donors (Lipinski definition) is 2. The highest BCUT2D eigenvalue weighted by Crippen LogP contribution is 2.30. The first kappa shape index (κ1) is 22.6. The van der Waals surface area contributed by atoms with E-state index in [1.807, 2.05) is 0 Å². The zero-order chi connectivity index (χ0) is 23.3. The van der Waals surface area contributed by atoms with Gasteiger partial charge in [0, 0.05) is 42.4 Å². The van der Waals surface area contributed by atoms with E-state index in [1.54, 1.807) is 48.8 Å². The van der Waals surface area contributed by atoms with Gasteiger partial charge in [0.1, 0.15) is 10.6 Å². The van der Waals surface area contributed by atoms with Crippen molar-refractivity contribution in [2.75, 3.05) is 44.0 Å². The summed E-state index contributed by atoms with van der Waals surface area (Å²) in [5.41, 5.74) is 1.35. The van der Waals surface area contributed by atoms with E-state index in [-0.39, 0.29) is 23.7 Å². The monoisotopic (exact) mass is 469 g/mol. The second-order valence-corrected chi connectivity index (χ2v) is 9.02. The Balaban J connectivity index is 1.55. The predicted octanol–water partition coefficient (Wildman–Crippen LogP) is 2.50. The summed E-state index contributed by atoms with van der Waals surface area (Å²) < 4.78 is 38.2. The quantitative estimate of drug-likeness (QED) is 0.541. The fourth-order valence-electron chi connectivity index (χ4n) is 3.32. The number of carbonyl (C=O) groups excluding carboxylic acids is 1. The van der Waals surface area contributed by atoms with Crippen LogP contribution in [0.5, 0.6) is 5.75 Å². The van der Waals surface area contributed by atoms with Crippen molar-refractivity contribution >= 4 is 33.3 Å². The van der Waals surface area contributed by atoms with Crippen LogP contribution >= 0.6 is 0 Å². The third kappa shape index (κ3) is 5.28. The summed E-state index contributed by atoms with van der Waals surface area (Å²) in [6.45, 7) is 1.17. The largest absolute Gasteiger partial charge is 0.495 e. The van der Waals surface area contributed by atoms with Gasteiger partial charge in [-0.05, 0) is 42.5 Å². The number of anilines is 3. The van der Waals surface area contributed by atoms with Gasteiger partial charge in [-0.25, -0.2) is 18.4 Å². The molecule has 1 aromatic heterocycles. The van der Waals surface area contributed by atoms with Crippen LogP contribution < -0.4 is 15.4 Å². The number of nitrogens with one attached hydrogen (secondary N) is 2. The van der Waals surface area contributed by atoms with E-state index in [9.17, 15) is 13.2 Å². The highest BCUT2D eigenvalue weighted by molar-refractivity contribution is 7.89. The maximum Gasteiger partial charge on any atom is 0.255 e. The number of nitrogens with zero attached hydrogens (tertiary/aromatic N) is 3. The van der Waals surface area contributed by atoms with Crippen LogP contribution in [0, 0.1) is 0 Å². The van der Waals surface area contributed by atoms with Crippen molar-refractivity contribution in [1.29, 1.82) is 0 Å². The first-order valence-electron chi connectivity index (χ1n) is 10.2. The molecule has 1 aliphatic heterocycles. The van der Waals surface area contributed by atoms with Gasteiger partial charge in [-0.1, -0.05) is 6.07 Å². The highest BCUT2D eigenvalue weighted by Gasteiger charge is 2.29. The summed E-state index contributed by atoms with van der Waals surface area (Å²) >= 11 is 0. The molecule has 3 aromatic rings. The van der Waals surface area contributed by atoms with Crippen LogP contribution in [0.1, 0.15) is 10.4 Å². The van der Waals surface area contributed by atoms with Crippen LogP contribution in [0.15, 0.2) is 65.8 Å². The molecule has 172 valence electrons. The van der Waals surface area contributed by atoms with Gasteiger partial charge in [-0.15, -0.1) is 0 Å². The first-order valence-corrected chi connectivity index (χ1v) is 11.6. The molecule has 0 saturated carbocycles.